The zero-order valence-electron chi connectivity index (χ0n) is 14.4. The van der Waals surface area contributed by atoms with Gasteiger partial charge in [0.05, 0.1) is 18.5 Å². The maximum Gasteiger partial charge on any atom is 0.227 e. The molecule has 2 aliphatic rings. The van der Waals surface area contributed by atoms with Crippen LogP contribution in [-0.2, 0) is 11.3 Å². The second-order valence-electron chi connectivity index (χ2n) is 6.89. The molecule has 0 aromatic carbocycles. The van der Waals surface area contributed by atoms with E-state index in [1.165, 1.54) is 0 Å². The van der Waals surface area contributed by atoms with Gasteiger partial charge in [-0.05, 0) is 37.8 Å². The van der Waals surface area contributed by atoms with Crippen molar-refractivity contribution >= 4 is 11.9 Å². The summed E-state index contributed by atoms with van der Waals surface area (Å²) in [6, 6.07) is 4.01. The zero-order chi connectivity index (χ0) is 17.1. The number of rotatable bonds is 4. The average molecular weight is 340 g/mol. The molecule has 0 N–H and O–H groups in total. The number of piperidine rings is 1. The highest BCUT2D eigenvalue weighted by Crippen LogP contribution is 2.26. The minimum Gasteiger partial charge on any atom is -0.340 e. The Morgan fingerprint density at radius 2 is 1.92 bits per heavy atom. The number of carbonyl (C=O) groups is 1. The number of amides is 1. The quantitative estimate of drug-likeness (QED) is 0.845. The van der Waals surface area contributed by atoms with E-state index in [0.29, 0.717) is 6.54 Å². The molecule has 0 spiro atoms. The third-order valence-electron chi connectivity index (χ3n) is 5.22. The molecule has 0 aliphatic carbocycles. The SMILES string of the molecule is O=C([C@H]1CCCN(c2ncccn2)C1)N1CCC[C@@H]1Cn1cccn1. The van der Waals surface area contributed by atoms with Crippen LogP contribution in [0.4, 0.5) is 5.95 Å². The van der Waals surface area contributed by atoms with Gasteiger partial charge in [0.1, 0.15) is 0 Å². The highest BCUT2D eigenvalue weighted by molar-refractivity contribution is 5.80. The number of carbonyl (C=O) groups excluding carboxylic acids is 1. The molecule has 7 heteroatoms. The second-order valence-corrected chi connectivity index (χ2v) is 6.89. The second kappa shape index (κ2) is 7.21. The van der Waals surface area contributed by atoms with E-state index in [9.17, 15) is 4.79 Å². The van der Waals surface area contributed by atoms with Crippen molar-refractivity contribution in [2.75, 3.05) is 24.5 Å². The van der Waals surface area contributed by atoms with Crippen LogP contribution in [0.2, 0.25) is 0 Å². The summed E-state index contributed by atoms with van der Waals surface area (Å²) >= 11 is 0. The predicted octanol–water partition coefficient (Wildman–Crippen LogP) is 1.58. The molecule has 0 radical (unpaired) electrons. The Labute approximate surface area is 147 Å². The first-order valence-electron chi connectivity index (χ1n) is 9.11. The molecule has 0 bridgehead atoms. The number of hydrogen-bond donors (Lipinski definition) is 0. The van der Waals surface area contributed by atoms with E-state index < -0.39 is 0 Å². The number of likely N-dealkylation sites (tertiary alicyclic amines) is 1. The average Bonchev–Trinajstić information content (AvgIpc) is 3.34. The van der Waals surface area contributed by atoms with Gasteiger partial charge in [0.25, 0.3) is 0 Å². The summed E-state index contributed by atoms with van der Waals surface area (Å²) in [6.07, 6.45) is 11.4. The molecule has 2 atom stereocenters. The van der Waals surface area contributed by atoms with Crippen molar-refractivity contribution in [1.29, 1.82) is 0 Å². The van der Waals surface area contributed by atoms with Gasteiger partial charge in [-0.2, -0.15) is 5.10 Å². The van der Waals surface area contributed by atoms with Crippen molar-refractivity contribution in [3.8, 4) is 0 Å². The maximum absolute atomic E-state index is 13.1. The molecule has 2 aromatic rings. The van der Waals surface area contributed by atoms with Crippen LogP contribution < -0.4 is 4.90 Å². The van der Waals surface area contributed by atoms with Crippen molar-refractivity contribution in [2.45, 2.75) is 38.3 Å². The summed E-state index contributed by atoms with van der Waals surface area (Å²) in [5, 5.41) is 4.29. The maximum atomic E-state index is 13.1. The van der Waals surface area contributed by atoms with Crippen LogP contribution in [0, 0.1) is 5.92 Å². The fraction of sp³-hybridized carbons (Fsp3) is 0.556. The lowest BCUT2D eigenvalue weighted by molar-refractivity contribution is -0.136. The largest absolute Gasteiger partial charge is 0.340 e. The van der Waals surface area contributed by atoms with Crippen LogP contribution in [0.1, 0.15) is 25.7 Å². The number of nitrogens with zero attached hydrogens (tertiary/aromatic N) is 6. The van der Waals surface area contributed by atoms with Crippen molar-refractivity contribution < 1.29 is 4.79 Å². The summed E-state index contributed by atoms with van der Waals surface area (Å²) in [7, 11) is 0. The first-order valence-corrected chi connectivity index (χ1v) is 9.11. The molecule has 4 heterocycles. The van der Waals surface area contributed by atoms with E-state index in [2.05, 4.69) is 24.9 Å². The summed E-state index contributed by atoms with van der Waals surface area (Å²) in [4.78, 5) is 26.0. The Hall–Kier alpha value is -2.44. The van der Waals surface area contributed by atoms with Crippen molar-refractivity contribution in [3.05, 3.63) is 36.9 Å². The van der Waals surface area contributed by atoms with Gasteiger partial charge >= 0.3 is 0 Å². The lowest BCUT2D eigenvalue weighted by atomic mass is 9.96. The van der Waals surface area contributed by atoms with Crippen molar-refractivity contribution in [2.24, 2.45) is 5.92 Å². The lowest BCUT2D eigenvalue weighted by Crippen LogP contribution is -2.47. The van der Waals surface area contributed by atoms with Gasteiger partial charge in [0.15, 0.2) is 0 Å². The molecular formula is C18H24N6O. The summed E-state index contributed by atoms with van der Waals surface area (Å²) in [5.41, 5.74) is 0. The molecule has 1 amide bonds. The number of hydrogen-bond acceptors (Lipinski definition) is 5. The molecule has 0 saturated carbocycles. The Morgan fingerprint density at radius 3 is 2.72 bits per heavy atom. The molecule has 7 nitrogen and oxygen atoms in total. The molecule has 2 aliphatic heterocycles. The van der Waals surface area contributed by atoms with Gasteiger partial charge in [0.2, 0.25) is 11.9 Å². The van der Waals surface area contributed by atoms with E-state index in [1.807, 2.05) is 23.0 Å². The third-order valence-corrected chi connectivity index (χ3v) is 5.22. The topological polar surface area (TPSA) is 67.2 Å². The Bertz CT molecular complexity index is 689. The van der Waals surface area contributed by atoms with E-state index in [1.54, 1.807) is 18.6 Å². The highest BCUT2D eigenvalue weighted by atomic mass is 16.2. The van der Waals surface area contributed by atoms with Gasteiger partial charge in [-0.3, -0.25) is 9.48 Å². The van der Waals surface area contributed by atoms with E-state index in [-0.39, 0.29) is 17.9 Å². The van der Waals surface area contributed by atoms with Crippen molar-refractivity contribution in [1.82, 2.24) is 24.6 Å². The summed E-state index contributed by atoms with van der Waals surface area (Å²) in [6.45, 7) is 3.29. The molecule has 2 fully saturated rings. The molecule has 0 unspecified atom stereocenters. The third kappa shape index (κ3) is 3.50. The molecule has 2 aromatic heterocycles. The zero-order valence-corrected chi connectivity index (χ0v) is 14.4. The first-order chi connectivity index (χ1) is 12.3. The van der Waals surface area contributed by atoms with Gasteiger partial charge < -0.3 is 9.80 Å². The first kappa shape index (κ1) is 16.1. The Morgan fingerprint density at radius 1 is 1.08 bits per heavy atom. The minimum atomic E-state index is 0.0378. The van der Waals surface area contributed by atoms with Crippen LogP contribution >= 0.6 is 0 Å². The molecule has 4 rings (SSSR count). The van der Waals surface area contributed by atoms with E-state index in [0.717, 1.165) is 51.3 Å². The number of anilines is 1. The summed E-state index contributed by atoms with van der Waals surface area (Å²) < 4.78 is 1.93. The van der Waals surface area contributed by atoms with Crippen molar-refractivity contribution in [3.63, 3.8) is 0 Å². The van der Waals surface area contributed by atoms with E-state index in [4.69, 9.17) is 0 Å². The Kier molecular flexibility index (Phi) is 4.63. The van der Waals surface area contributed by atoms with Crippen LogP contribution in [-0.4, -0.2) is 56.2 Å². The Balaban J connectivity index is 1.42. The van der Waals surface area contributed by atoms with Crippen LogP contribution in [0.25, 0.3) is 0 Å². The fourth-order valence-electron chi connectivity index (χ4n) is 3.99. The van der Waals surface area contributed by atoms with Gasteiger partial charge in [0, 0.05) is 44.4 Å². The van der Waals surface area contributed by atoms with Crippen LogP contribution in [0.15, 0.2) is 36.9 Å². The fourth-order valence-corrected chi connectivity index (χ4v) is 3.99. The molecule has 2 saturated heterocycles. The molecule has 132 valence electrons. The number of aromatic nitrogens is 4. The minimum absolute atomic E-state index is 0.0378. The molecule has 25 heavy (non-hydrogen) atoms. The monoisotopic (exact) mass is 340 g/mol. The van der Waals surface area contributed by atoms with Gasteiger partial charge in [-0.1, -0.05) is 0 Å². The van der Waals surface area contributed by atoms with Crippen LogP contribution in [0.3, 0.4) is 0 Å². The normalized spacial score (nSPS) is 23.8. The molecular weight excluding hydrogens is 316 g/mol. The standard InChI is InChI=1S/C18H24N6O/c25-17(24-12-2-6-16(24)14-23-11-4-9-21-23)15-5-1-10-22(13-15)18-19-7-3-8-20-18/h3-4,7-9,11,15-16H,1-2,5-6,10,12-14H2/t15-,16+/m0/s1. The van der Waals surface area contributed by atoms with Crippen LogP contribution in [0.5, 0.6) is 0 Å². The highest BCUT2D eigenvalue weighted by Gasteiger charge is 2.35. The lowest BCUT2D eigenvalue weighted by Gasteiger charge is -2.35. The van der Waals surface area contributed by atoms with E-state index >= 15 is 0 Å². The van der Waals surface area contributed by atoms with Gasteiger partial charge in [-0.15, -0.1) is 0 Å². The summed E-state index contributed by atoms with van der Waals surface area (Å²) in [5.74, 6) is 1.06. The van der Waals surface area contributed by atoms with Gasteiger partial charge in [-0.25, -0.2) is 9.97 Å². The smallest absolute Gasteiger partial charge is 0.227 e. The predicted molar refractivity (Wildman–Crippen MR) is 93.9 cm³/mol.